The number of hydrogen-bond donors (Lipinski definition) is 0. The molecule has 108 valence electrons. The van der Waals surface area contributed by atoms with E-state index in [0.29, 0.717) is 0 Å². The predicted octanol–water partition coefficient (Wildman–Crippen LogP) is 4.90. The second-order valence-electron chi connectivity index (χ2n) is 5.25. The molecule has 0 fully saturated rings. The molecule has 0 N–H and O–H groups in total. The van der Waals surface area contributed by atoms with Crippen LogP contribution in [-0.2, 0) is 9.06 Å². The van der Waals surface area contributed by atoms with Crippen LogP contribution in [0.1, 0.15) is 45.1 Å². The fourth-order valence-corrected chi connectivity index (χ4v) is 2.10. The minimum absolute atomic E-state index is 0.0207. The average molecular weight is 329 g/mol. The summed E-state index contributed by atoms with van der Waals surface area (Å²) < 4.78 is 10.8. The van der Waals surface area contributed by atoms with Crippen molar-refractivity contribution in [3.63, 3.8) is 0 Å². The van der Waals surface area contributed by atoms with Gasteiger partial charge in [-0.3, -0.25) is 0 Å². The maximum atomic E-state index is 5.73. The van der Waals surface area contributed by atoms with E-state index >= 15 is 0 Å². The van der Waals surface area contributed by atoms with E-state index in [1.165, 1.54) is 18.4 Å². The molecule has 0 heterocycles. The molecule has 19 heavy (non-hydrogen) atoms. The lowest BCUT2D eigenvalue weighted by Crippen LogP contribution is -2.06. The van der Waals surface area contributed by atoms with Gasteiger partial charge >= 0.3 is 0 Å². The van der Waals surface area contributed by atoms with E-state index < -0.39 is 0 Å². The van der Waals surface area contributed by atoms with Gasteiger partial charge in [-0.05, 0) is 50.8 Å². The summed E-state index contributed by atoms with van der Waals surface area (Å²) in [6.45, 7) is 5.94. The molecule has 1 aromatic rings. The van der Waals surface area contributed by atoms with Crippen molar-refractivity contribution in [2.75, 3.05) is 20.3 Å². The van der Waals surface area contributed by atoms with Gasteiger partial charge in [-0.1, -0.05) is 34.5 Å². The Morgan fingerprint density at radius 2 is 1.53 bits per heavy atom. The van der Waals surface area contributed by atoms with Crippen LogP contribution in [-0.4, -0.2) is 20.3 Å². The molecule has 1 aromatic carbocycles. The molecule has 0 unspecified atom stereocenters. The van der Waals surface area contributed by atoms with Crippen LogP contribution >= 0.6 is 15.9 Å². The number of ether oxygens (including phenoxy) is 2. The third kappa shape index (κ3) is 6.98. The number of alkyl halides is 1. The number of unbranched alkanes of at least 4 members (excludes halogenated alkanes) is 3. The highest BCUT2D eigenvalue weighted by Crippen LogP contribution is 2.30. The van der Waals surface area contributed by atoms with Gasteiger partial charge in [-0.25, -0.2) is 0 Å². The Balaban J connectivity index is 2.20. The smallest absolute Gasteiger partial charge is 0.119 e. The first-order valence-electron chi connectivity index (χ1n) is 6.95. The van der Waals surface area contributed by atoms with Gasteiger partial charge in [0.05, 0.1) is 6.61 Å². The van der Waals surface area contributed by atoms with Gasteiger partial charge in [-0.2, -0.15) is 0 Å². The standard InChI is InChI=1S/C16H25BrO2/c1-16(2,17)14-8-10-15(11-9-14)19-13-7-5-4-6-12-18-3/h8-11H,4-7,12-13H2,1-3H3. The number of rotatable bonds is 9. The third-order valence-electron chi connectivity index (χ3n) is 3.05. The number of benzene rings is 1. The molecular formula is C16H25BrO2. The SMILES string of the molecule is COCCCCCCOc1ccc(C(C)(C)Br)cc1. The second kappa shape index (κ2) is 8.60. The number of halogens is 1. The monoisotopic (exact) mass is 328 g/mol. The minimum Gasteiger partial charge on any atom is -0.494 e. The molecule has 0 aliphatic heterocycles. The van der Waals surface area contributed by atoms with Crippen LogP contribution in [0.15, 0.2) is 24.3 Å². The fraction of sp³-hybridized carbons (Fsp3) is 0.625. The molecule has 0 saturated heterocycles. The van der Waals surface area contributed by atoms with Crippen molar-refractivity contribution in [2.24, 2.45) is 0 Å². The second-order valence-corrected chi connectivity index (χ2v) is 7.23. The largest absolute Gasteiger partial charge is 0.494 e. The molecule has 3 heteroatoms. The first-order chi connectivity index (χ1) is 9.04. The van der Waals surface area contributed by atoms with E-state index in [1.807, 2.05) is 12.1 Å². The number of hydrogen-bond acceptors (Lipinski definition) is 2. The van der Waals surface area contributed by atoms with Crippen LogP contribution in [0.5, 0.6) is 5.75 Å². The summed E-state index contributed by atoms with van der Waals surface area (Å²) in [5, 5.41) is 0. The van der Waals surface area contributed by atoms with Crippen molar-refractivity contribution in [1.29, 1.82) is 0 Å². The molecule has 0 bridgehead atoms. The maximum absolute atomic E-state index is 5.73. The quantitative estimate of drug-likeness (QED) is 0.474. The van der Waals surface area contributed by atoms with Crippen molar-refractivity contribution < 1.29 is 9.47 Å². The summed E-state index contributed by atoms with van der Waals surface area (Å²) in [6.07, 6.45) is 4.67. The van der Waals surface area contributed by atoms with Crippen molar-refractivity contribution in [1.82, 2.24) is 0 Å². The predicted molar refractivity (Wildman–Crippen MR) is 84.2 cm³/mol. The molecule has 0 aliphatic rings. The van der Waals surface area contributed by atoms with E-state index in [1.54, 1.807) is 7.11 Å². The first-order valence-corrected chi connectivity index (χ1v) is 7.74. The molecule has 0 aromatic heterocycles. The lowest BCUT2D eigenvalue weighted by molar-refractivity contribution is 0.191. The van der Waals surface area contributed by atoms with Crippen molar-refractivity contribution >= 4 is 15.9 Å². The van der Waals surface area contributed by atoms with Crippen LogP contribution in [0, 0.1) is 0 Å². The van der Waals surface area contributed by atoms with Crippen LogP contribution in [0.4, 0.5) is 0 Å². The van der Waals surface area contributed by atoms with Crippen LogP contribution in [0.25, 0.3) is 0 Å². The normalized spacial score (nSPS) is 11.6. The molecule has 0 spiro atoms. The summed E-state index contributed by atoms with van der Waals surface area (Å²) in [5.74, 6) is 0.956. The Kier molecular flexibility index (Phi) is 7.47. The van der Waals surface area contributed by atoms with Crippen LogP contribution in [0.2, 0.25) is 0 Å². The molecule has 0 radical (unpaired) electrons. The van der Waals surface area contributed by atoms with E-state index in [0.717, 1.165) is 31.8 Å². The Morgan fingerprint density at radius 3 is 2.05 bits per heavy atom. The van der Waals surface area contributed by atoms with Crippen molar-refractivity contribution in [3.8, 4) is 5.75 Å². The van der Waals surface area contributed by atoms with Gasteiger partial charge in [0.15, 0.2) is 0 Å². The zero-order chi connectivity index (χ0) is 14.1. The fourth-order valence-electron chi connectivity index (χ4n) is 1.84. The van der Waals surface area contributed by atoms with Gasteiger partial charge in [0, 0.05) is 18.0 Å². The zero-order valence-corrected chi connectivity index (χ0v) is 13.8. The van der Waals surface area contributed by atoms with Crippen LogP contribution in [0.3, 0.4) is 0 Å². The highest BCUT2D eigenvalue weighted by atomic mass is 79.9. The summed E-state index contributed by atoms with van der Waals surface area (Å²) in [7, 11) is 1.75. The molecule has 0 aliphatic carbocycles. The Hall–Kier alpha value is -0.540. The molecule has 0 amide bonds. The number of methoxy groups -OCH3 is 1. The summed E-state index contributed by atoms with van der Waals surface area (Å²) >= 11 is 3.65. The average Bonchev–Trinajstić information content (AvgIpc) is 2.37. The van der Waals surface area contributed by atoms with E-state index in [9.17, 15) is 0 Å². The van der Waals surface area contributed by atoms with Crippen molar-refractivity contribution in [2.45, 2.75) is 43.9 Å². The maximum Gasteiger partial charge on any atom is 0.119 e. The Bertz CT molecular complexity index is 341. The highest BCUT2D eigenvalue weighted by Gasteiger charge is 2.15. The van der Waals surface area contributed by atoms with Gasteiger partial charge < -0.3 is 9.47 Å². The van der Waals surface area contributed by atoms with E-state index in [4.69, 9.17) is 9.47 Å². The summed E-state index contributed by atoms with van der Waals surface area (Å²) in [6, 6.07) is 8.32. The van der Waals surface area contributed by atoms with E-state index in [-0.39, 0.29) is 4.32 Å². The molecule has 0 saturated carbocycles. The van der Waals surface area contributed by atoms with Gasteiger partial charge in [-0.15, -0.1) is 0 Å². The lowest BCUT2D eigenvalue weighted by Gasteiger charge is -2.17. The first kappa shape index (κ1) is 16.5. The summed E-state index contributed by atoms with van der Waals surface area (Å²) in [5.41, 5.74) is 1.26. The lowest BCUT2D eigenvalue weighted by atomic mass is 10.0. The molecule has 2 nitrogen and oxygen atoms in total. The van der Waals surface area contributed by atoms with Gasteiger partial charge in [0.2, 0.25) is 0 Å². The third-order valence-corrected chi connectivity index (χ3v) is 3.51. The van der Waals surface area contributed by atoms with Gasteiger partial charge in [0.1, 0.15) is 5.75 Å². The Morgan fingerprint density at radius 1 is 0.947 bits per heavy atom. The molecular weight excluding hydrogens is 304 g/mol. The van der Waals surface area contributed by atoms with Crippen molar-refractivity contribution in [3.05, 3.63) is 29.8 Å². The van der Waals surface area contributed by atoms with Gasteiger partial charge in [0.25, 0.3) is 0 Å². The topological polar surface area (TPSA) is 18.5 Å². The molecule has 0 atom stereocenters. The zero-order valence-electron chi connectivity index (χ0n) is 12.2. The Labute approximate surface area is 125 Å². The highest BCUT2D eigenvalue weighted by molar-refractivity contribution is 9.09. The van der Waals surface area contributed by atoms with Crippen LogP contribution < -0.4 is 4.74 Å². The summed E-state index contributed by atoms with van der Waals surface area (Å²) in [4.78, 5) is 0. The van der Waals surface area contributed by atoms with E-state index in [2.05, 4.69) is 41.9 Å². The molecule has 1 rings (SSSR count). The minimum atomic E-state index is 0.0207.